The van der Waals surface area contributed by atoms with Gasteiger partial charge in [0.1, 0.15) is 6.04 Å². The molecule has 5 nitrogen and oxygen atoms in total. The third kappa shape index (κ3) is 6.82. The minimum absolute atomic E-state index is 0.0149. The molecule has 0 saturated carbocycles. The van der Waals surface area contributed by atoms with Gasteiger partial charge in [0.25, 0.3) is 0 Å². The van der Waals surface area contributed by atoms with Crippen LogP contribution in [0.1, 0.15) is 66.9 Å². The van der Waals surface area contributed by atoms with Crippen LogP contribution < -0.4 is 5.32 Å². The Kier molecular flexibility index (Phi) is 9.01. The molecular weight excluding hydrogens is 376 g/mol. The van der Waals surface area contributed by atoms with Crippen LogP contribution in [-0.2, 0) is 14.4 Å². The highest BCUT2D eigenvalue weighted by Crippen LogP contribution is 2.25. The van der Waals surface area contributed by atoms with Crippen LogP contribution in [0.5, 0.6) is 0 Å². The predicted octanol–water partition coefficient (Wildman–Crippen LogP) is 4.34. The van der Waals surface area contributed by atoms with Gasteiger partial charge in [-0.1, -0.05) is 71.0 Å². The number of Topliss-reactive ketones (excluding diaryl/α,β-unsaturated/α-hetero) is 1. The van der Waals surface area contributed by atoms with Crippen LogP contribution in [0, 0.1) is 11.3 Å². The van der Waals surface area contributed by atoms with E-state index in [1.165, 1.54) is 6.92 Å². The Morgan fingerprint density at radius 1 is 1.00 bits per heavy atom. The molecule has 0 aliphatic rings. The normalized spacial score (nSPS) is 15.3. The zero-order valence-corrected chi connectivity index (χ0v) is 19.9. The highest BCUT2D eigenvalue weighted by Gasteiger charge is 2.37. The molecule has 3 atom stereocenters. The van der Waals surface area contributed by atoms with Gasteiger partial charge in [-0.25, -0.2) is 0 Å². The van der Waals surface area contributed by atoms with Crippen molar-refractivity contribution in [1.29, 1.82) is 0 Å². The number of benzene rings is 1. The number of rotatable bonds is 8. The fourth-order valence-corrected chi connectivity index (χ4v) is 3.28. The van der Waals surface area contributed by atoms with Gasteiger partial charge in [0.15, 0.2) is 5.78 Å². The molecule has 0 aromatic heterocycles. The van der Waals surface area contributed by atoms with Crippen LogP contribution in [0.25, 0.3) is 0 Å². The third-order valence-electron chi connectivity index (χ3n) is 5.55. The first-order chi connectivity index (χ1) is 13.8. The van der Waals surface area contributed by atoms with Crippen LogP contribution in [0.3, 0.4) is 0 Å². The van der Waals surface area contributed by atoms with Crippen molar-refractivity contribution in [2.24, 2.45) is 11.3 Å². The first-order valence-electron chi connectivity index (χ1n) is 10.6. The van der Waals surface area contributed by atoms with Gasteiger partial charge in [-0.05, 0) is 43.2 Å². The fraction of sp³-hybridized carbons (Fsp3) is 0.560. The lowest BCUT2D eigenvalue weighted by molar-refractivity contribution is -0.140. The monoisotopic (exact) mass is 414 g/mol. The SMILES string of the molecule is CC(=O)/C(C)=C/C(C(C)C)N(C)C(=O)C(NC(=O)C(C)c1ccccc1)C(C)(C)C. The maximum Gasteiger partial charge on any atom is 0.245 e. The molecule has 3 unspecified atom stereocenters. The average molecular weight is 415 g/mol. The van der Waals surface area contributed by atoms with Crippen LogP contribution in [0.15, 0.2) is 42.0 Å². The van der Waals surface area contributed by atoms with Crippen LogP contribution in [0.4, 0.5) is 0 Å². The van der Waals surface area contributed by atoms with Crippen molar-refractivity contribution in [2.75, 3.05) is 7.05 Å². The van der Waals surface area contributed by atoms with Crippen molar-refractivity contribution < 1.29 is 14.4 Å². The lowest BCUT2D eigenvalue weighted by Gasteiger charge is -2.38. The number of hydrogen-bond acceptors (Lipinski definition) is 3. The number of hydrogen-bond donors (Lipinski definition) is 1. The summed E-state index contributed by atoms with van der Waals surface area (Å²) in [7, 11) is 1.74. The number of likely N-dealkylation sites (N-methyl/N-ethyl adjacent to an activating group) is 1. The summed E-state index contributed by atoms with van der Waals surface area (Å²) in [5.41, 5.74) is 1.06. The van der Waals surface area contributed by atoms with E-state index in [0.717, 1.165) is 5.56 Å². The zero-order valence-electron chi connectivity index (χ0n) is 19.9. The van der Waals surface area contributed by atoms with Gasteiger partial charge in [-0.2, -0.15) is 0 Å². The Morgan fingerprint density at radius 3 is 1.97 bits per heavy atom. The number of carbonyl (C=O) groups excluding carboxylic acids is 3. The molecule has 0 aliphatic heterocycles. The van der Waals surface area contributed by atoms with E-state index in [0.29, 0.717) is 5.57 Å². The summed E-state index contributed by atoms with van der Waals surface area (Å²) in [5.74, 6) is -0.608. The topological polar surface area (TPSA) is 66.5 Å². The molecule has 0 fully saturated rings. The summed E-state index contributed by atoms with van der Waals surface area (Å²) >= 11 is 0. The Balaban J connectivity index is 3.15. The van der Waals surface area contributed by atoms with Gasteiger partial charge in [0.2, 0.25) is 11.8 Å². The summed E-state index contributed by atoms with van der Waals surface area (Å²) in [6, 6.07) is 8.60. The third-order valence-corrected chi connectivity index (χ3v) is 5.55. The lowest BCUT2D eigenvalue weighted by atomic mass is 9.84. The largest absolute Gasteiger partial charge is 0.343 e. The van der Waals surface area contributed by atoms with Gasteiger partial charge in [0.05, 0.1) is 12.0 Å². The highest BCUT2D eigenvalue weighted by molar-refractivity contribution is 5.93. The van der Waals surface area contributed by atoms with E-state index in [2.05, 4.69) is 5.32 Å². The van der Waals surface area contributed by atoms with Crippen molar-refractivity contribution >= 4 is 17.6 Å². The molecule has 0 bridgehead atoms. The molecule has 0 saturated heterocycles. The van der Waals surface area contributed by atoms with Crippen molar-refractivity contribution in [1.82, 2.24) is 10.2 Å². The Bertz CT molecular complexity index is 775. The highest BCUT2D eigenvalue weighted by atomic mass is 16.2. The van der Waals surface area contributed by atoms with Crippen LogP contribution in [-0.4, -0.2) is 41.6 Å². The lowest BCUT2D eigenvalue weighted by Crippen LogP contribution is -2.56. The second kappa shape index (κ2) is 10.6. The summed E-state index contributed by atoms with van der Waals surface area (Å²) < 4.78 is 0. The maximum atomic E-state index is 13.5. The van der Waals surface area contributed by atoms with Gasteiger partial charge in [0, 0.05) is 7.05 Å². The molecule has 1 aromatic carbocycles. The molecule has 0 heterocycles. The molecule has 0 spiro atoms. The van der Waals surface area contributed by atoms with E-state index in [9.17, 15) is 14.4 Å². The quantitative estimate of drug-likeness (QED) is 0.644. The molecule has 30 heavy (non-hydrogen) atoms. The van der Waals surface area contributed by atoms with Crippen LogP contribution >= 0.6 is 0 Å². The smallest absolute Gasteiger partial charge is 0.245 e. The van der Waals surface area contributed by atoms with Crippen LogP contribution in [0.2, 0.25) is 0 Å². The Hall–Kier alpha value is -2.43. The number of nitrogens with zero attached hydrogens (tertiary/aromatic N) is 1. The van der Waals surface area contributed by atoms with Crippen molar-refractivity contribution in [3.05, 3.63) is 47.5 Å². The van der Waals surface area contributed by atoms with Crippen molar-refractivity contribution in [3.63, 3.8) is 0 Å². The second-order valence-electron chi connectivity index (χ2n) is 9.53. The molecule has 0 aliphatic carbocycles. The van der Waals surface area contributed by atoms with Gasteiger partial charge < -0.3 is 10.2 Å². The number of amides is 2. The van der Waals surface area contributed by atoms with E-state index < -0.39 is 11.5 Å². The predicted molar refractivity (Wildman–Crippen MR) is 122 cm³/mol. The van der Waals surface area contributed by atoms with E-state index >= 15 is 0 Å². The number of carbonyl (C=O) groups is 3. The van der Waals surface area contributed by atoms with Gasteiger partial charge >= 0.3 is 0 Å². The molecule has 1 aromatic rings. The molecular formula is C25H38N2O3. The molecule has 5 heteroatoms. The molecule has 1 rings (SSSR count). The average Bonchev–Trinajstić information content (AvgIpc) is 2.67. The van der Waals surface area contributed by atoms with Crippen molar-refractivity contribution in [3.8, 4) is 0 Å². The summed E-state index contributed by atoms with van der Waals surface area (Å²) in [6.07, 6.45) is 1.85. The fourth-order valence-electron chi connectivity index (χ4n) is 3.28. The molecule has 1 N–H and O–H groups in total. The first kappa shape index (κ1) is 25.6. The number of nitrogens with one attached hydrogen (secondary N) is 1. The van der Waals surface area contributed by atoms with E-state index in [4.69, 9.17) is 0 Å². The summed E-state index contributed by atoms with van der Waals surface area (Å²) in [4.78, 5) is 39.8. The standard InChI is InChI=1S/C25H38N2O3/c1-16(2)21(15-17(3)19(5)28)27(9)24(30)22(25(6,7)8)26-23(29)18(4)20-13-11-10-12-14-20/h10-16,18,21-22H,1-9H3,(H,26,29)/b17-15+. The minimum atomic E-state index is -0.687. The second-order valence-corrected chi connectivity index (χ2v) is 9.53. The maximum absolute atomic E-state index is 13.5. The molecule has 2 amide bonds. The molecule has 0 radical (unpaired) electrons. The van der Waals surface area contributed by atoms with Gasteiger partial charge in [-0.3, -0.25) is 14.4 Å². The Morgan fingerprint density at radius 2 is 1.53 bits per heavy atom. The number of allylic oxidation sites excluding steroid dienone is 1. The first-order valence-corrected chi connectivity index (χ1v) is 10.6. The van der Waals surface area contributed by atoms with Gasteiger partial charge in [-0.15, -0.1) is 0 Å². The minimum Gasteiger partial charge on any atom is -0.343 e. The Labute approximate surface area is 181 Å². The summed E-state index contributed by atoms with van der Waals surface area (Å²) in [6.45, 7) is 15.0. The van der Waals surface area contributed by atoms with E-state index in [1.54, 1.807) is 18.9 Å². The summed E-state index contributed by atoms with van der Waals surface area (Å²) in [5, 5.41) is 2.99. The number of ketones is 1. The van der Waals surface area contributed by atoms with E-state index in [1.807, 2.05) is 78.0 Å². The van der Waals surface area contributed by atoms with E-state index in [-0.39, 0.29) is 35.5 Å². The zero-order chi connectivity index (χ0) is 23.2. The van der Waals surface area contributed by atoms with Crippen molar-refractivity contribution in [2.45, 2.75) is 73.4 Å². The molecule has 166 valence electrons.